The normalized spacial score (nSPS) is 16.8. The van der Waals surface area contributed by atoms with Crippen molar-refractivity contribution in [2.45, 2.75) is 39.3 Å². The molecule has 1 heterocycles. The summed E-state index contributed by atoms with van der Waals surface area (Å²) in [6, 6.07) is 8.35. The molecule has 1 aromatic carbocycles. The number of guanidine groups is 1. The van der Waals surface area contributed by atoms with Gasteiger partial charge in [0.05, 0.1) is 12.3 Å². The molecule has 0 unspecified atom stereocenters. The number of nitrogens with zero attached hydrogens (tertiary/aromatic N) is 2. The molecule has 0 aromatic heterocycles. The molecule has 0 saturated carbocycles. The lowest BCUT2D eigenvalue weighted by atomic mass is 10.1. The second-order valence-corrected chi connectivity index (χ2v) is 9.21. The fraction of sp³-hybridized carbons (Fsp3) is 0.588. The Hall–Kier alpha value is -0.390. The number of rotatable bonds is 6. The van der Waals surface area contributed by atoms with E-state index in [1.807, 2.05) is 31.2 Å². The minimum Gasteiger partial charge on any atom is -0.357 e. The van der Waals surface area contributed by atoms with Crippen molar-refractivity contribution >= 4 is 55.9 Å². The molecule has 1 fully saturated rings. The fourth-order valence-electron chi connectivity index (χ4n) is 2.73. The van der Waals surface area contributed by atoms with Gasteiger partial charge in [-0.3, -0.25) is 0 Å². The van der Waals surface area contributed by atoms with Gasteiger partial charge in [-0.25, -0.2) is 17.7 Å². The molecular formula is C17H28BrIN4O2S. The minimum atomic E-state index is -3.08. The molecule has 0 amide bonds. The molecule has 26 heavy (non-hydrogen) atoms. The molecule has 0 spiro atoms. The summed E-state index contributed by atoms with van der Waals surface area (Å²) < 4.78 is 26.5. The molecule has 0 bridgehead atoms. The number of nitrogens with one attached hydrogen (secondary N) is 2. The molecule has 1 saturated heterocycles. The molecule has 6 nitrogen and oxygen atoms in total. The number of sulfonamides is 1. The Bertz CT molecular complexity index is 675. The highest BCUT2D eigenvalue weighted by Gasteiger charge is 2.26. The summed E-state index contributed by atoms with van der Waals surface area (Å²) in [7, 11) is -3.08. The predicted molar refractivity (Wildman–Crippen MR) is 122 cm³/mol. The predicted octanol–water partition coefficient (Wildman–Crippen LogP) is 2.94. The molecule has 2 rings (SSSR count). The van der Waals surface area contributed by atoms with Gasteiger partial charge in [0.2, 0.25) is 10.0 Å². The first-order valence-corrected chi connectivity index (χ1v) is 11.1. The van der Waals surface area contributed by atoms with Crippen LogP contribution >= 0.6 is 39.9 Å². The van der Waals surface area contributed by atoms with Crippen LogP contribution < -0.4 is 10.6 Å². The lowest BCUT2D eigenvalue weighted by Gasteiger charge is -2.32. The van der Waals surface area contributed by atoms with Gasteiger partial charge in [-0.05, 0) is 44.4 Å². The van der Waals surface area contributed by atoms with Crippen molar-refractivity contribution in [1.82, 2.24) is 14.9 Å². The lowest BCUT2D eigenvalue weighted by Crippen LogP contribution is -2.50. The van der Waals surface area contributed by atoms with Crippen LogP contribution in [0.1, 0.15) is 32.3 Å². The number of halogens is 2. The topological polar surface area (TPSA) is 73.8 Å². The third-order valence-electron chi connectivity index (χ3n) is 4.23. The van der Waals surface area contributed by atoms with Crippen LogP contribution in [-0.2, 0) is 16.6 Å². The quantitative estimate of drug-likeness (QED) is 0.320. The van der Waals surface area contributed by atoms with E-state index in [1.54, 1.807) is 11.2 Å². The monoisotopic (exact) mass is 558 g/mol. The first-order valence-electron chi connectivity index (χ1n) is 8.71. The highest BCUT2D eigenvalue weighted by molar-refractivity contribution is 14.0. The highest BCUT2D eigenvalue weighted by atomic mass is 127. The SMILES string of the molecule is CCNC(=NCc1ccc(Br)cc1)NC1CCN(S(=O)(=O)CC)CC1.I. The van der Waals surface area contributed by atoms with Crippen molar-refractivity contribution in [3.63, 3.8) is 0 Å². The van der Waals surface area contributed by atoms with Gasteiger partial charge in [-0.1, -0.05) is 28.1 Å². The third-order valence-corrected chi connectivity index (χ3v) is 6.64. The summed E-state index contributed by atoms with van der Waals surface area (Å²) in [4.78, 5) is 4.64. The molecule has 1 aliphatic heterocycles. The third kappa shape index (κ3) is 7.32. The number of benzene rings is 1. The largest absolute Gasteiger partial charge is 0.357 e. The van der Waals surface area contributed by atoms with E-state index in [-0.39, 0.29) is 35.8 Å². The molecule has 2 N–H and O–H groups in total. The Morgan fingerprint density at radius 3 is 2.38 bits per heavy atom. The summed E-state index contributed by atoms with van der Waals surface area (Å²) >= 11 is 3.43. The van der Waals surface area contributed by atoms with E-state index >= 15 is 0 Å². The maximum absolute atomic E-state index is 11.9. The Labute approximate surface area is 182 Å². The van der Waals surface area contributed by atoms with Crippen LogP contribution in [0.5, 0.6) is 0 Å². The second-order valence-electron chi connectivity index (χ2n) is 6.04. The molecule has 0 aliphatic carbocycles. The summed E-state index contributed by atoms with van der Waals surface area (Å²) in [5.41, 5.74) is 1.14. The van der Waals surface area contributed by atoms with Crippen molar-refractivity contribution in [3.8, 4) is 0 Å². The van der Waals surface area contributed by atoms with Crippen LogP contribution in [0.4, 0.5) is 0 Å². The number of piperidine rings is 1. The lowest BCUT2D eigenvalue weighted by molar-refractivity contribution is 0.306. The molecular weight excluding hydrogens is 531 g/mol. The standard InChI is InChI=1S/C17H27BrN4O2S.HI/c1-3-19-17(20-13-14-5-7-15(18)8-6-14)21-16-9-11-22(12-10-16)25(23,24)4-2;/h5-8,16H,3-4,9-13H2,1-2H3,(H2,19,20,21);1H. The second kappa shape index (κ2) is 11.5. The average molecular weight is 559 g/mol. The van der Waals surface area contributed by atoms with E-state index in [0.717, 1.165) is 35.4 Å². The van der Waals surface area contributed by atoms with E-state index in [4.69, 9.17) is 0 Å². The smallest absolute Gasteiger partial charge is 0.213 e. The summed E-state index contributed by atoms with van der Waals surface area (Å²) in [6.07, 6.45) is 1.59. The maximum atomic E-state index is 11.9. The molecule has 148 valence electrons. The van der Waals surface area contributed by atoms with E-state index in [9.17, 15) is 8.42 Å². The van der Waals surface area contributed by atoms with Gasteiger partial charge in [0.25, 0.3) is 0 Å². The first kappa shape index (κ1) is 23.6. The number of hydrogen-bond acceptors (Lipinski definition) is 3. The average Bonchev–Trinajstić information content (AvgIpc) is 2.61. The van der Waals surface area contributed by atoms with Crippen LogP contribution in [0.25, 0.3) is 0 Å². The van der Waals surface area contributed by atoms with Gasteiger partial charge in [0, 0.05) is 30.1 Å². The van der Waals surface area contributed by atoms with Crippen LogP contribution in [0.15, 0.2) is 33.7 Å². The fourth-order valence-corrected chi connectivity index (χ4v) is 4.13. The van der Waals surface area contributed by atoms with Crippen molar-refractivity contribution < 1.29 is 8.42 Å². The summed E-state index contributed by atoms with van der Waals surface area (Å²) in [6.45, 7) is 6.26. The maximum Gasteiger partial charge on any atom is 0.213 e. The number of hydrogen-bond donors (Lipinski definition) is 2. The Balaban J connectivity index is 0.00000338. The zero-order valence-electron chi connectivity index (χ0n) is 15.2. The van der Waals surface area contributed by atoms with Gasteiger partial charge >= 0.3 is 0 Å². The van der Waals surface area contributed by atoms with Crippen LogP contribution in [-0.4, -0.2) is 50.1 Å². The van der Waals surface area contributed by atoms with Crippen molar-refractivity contribution in [1.29, 1.82) is 0 Å². The zero-order chi connectivity index (χ0) is 18.3. The molecule has 1 aromatic rings. The number of aliphatic imine (C=N–C) groups is 1. The van der Waals surface area contributed by atoms with Gasteiger partial charge in [0.1, 0.15) is 0 Å². The Morgan fingerprint density at radius 2 is 1.85 bits per heavy atom. The minimum absolute atomic E-state index is 0. The van der Waals surface area contributed by atoms with E-state index in [2.05, 4.69) is 31.6 Å². The first-order chi connectivity index (χ1) is 11.9. The molecule has 9 heteroatoms. The van der Waals surface area contributed by atoms with Gasteiger partial charge < -0.3 is 10.6 Å². The molecule has 0 radical (unpaired) electrons. The van der Waals surface area contributed by atoms with Gasteiger partial charge in [0.15, 0.2) is 5.96 Å². The van der Waals surface area contributed by atoms with Gasteiger partial charge in [-0.2, -0.15) is 0 Å². The molecule has 1 aliphatic rings. The summed E-state index contributed by atoms with van der Waals surface area (Å²) in [5.74, 6) is 0.949. The van der Waals surface area contributed by atoms with Gasteiger partial charge in [-0.15, -0.1) is 24.0 Å². The zero-order valence-corrected chi connectivity index (χ0v) is 20.0. The van der Waals surface area contributed by atoms with Crippen LogP contribution in [0.2, 0.25) is 0 Å². The highest BCUT2D eigenvalue weighted by Crippen LogP contribution is 2.15. The Kier molecular flexibility index (Phi) is 10.4. The van der Waals surface area contributed by atoms with Crippen LogP contribution in [0.3, 0.4) is 0 Å². The molecule has 0 atom stereocenters. The van der Waals surface area contributed by atoms with E-state index in [0.29, 0.717) is 19.6 Å². The summed E-state index contributed by atoms with van der Waals surface area (Å²) in [5, 5.41) is 6.70. The van der Waals surface area contributed by atoms with Crippen molar-refractivity contribution in [2.24, 2.45) is 4.99 Å². The Morgan fingerprint density at radius 1 is 1.23 bits per heavy atom. The van der Waals surface area contributed by atoms with Crippen LogP contribution in [0, 0.1) is 0 Å². The van der Waals surface area contributed by atoms with E-state index < -0.39 is 10.0 Å². The van der Waals surface area contributed by atoms with Crippen molar-refractivity contribution in [2.75, 3.05) is 25.4 Å². The van der Waals surface area contributed by atoms with Crippen molar-refractivity contribution in [3.05, 3.63) is 34.3 Å². The van der Waals surface area contributed by atoms with E-state index in [1.165, 1.54) is 0 Å².